The number of phosphoric acid groups is 1. The summed E-state index contributed by atoms with van der Waals surface area (Å²) in [4.78, 5) is 35.7. The average molecular weight is 1050 g/mol. The highest BCUT2D eigenvalue weighted by Crippen LogP contribution is 2.43. The normalized spacial score (nSPS) is 13.3. The molecule has 0 fully saturated rings. The number of carbonyl (C=O) groups excluding carboxylic acids is 2. The lowest BCUT2D eigenvalue weighted by Gasteiger charge is -2.24. The van der Waals surface area contributed by atoms with Crippen LogP contribution in [-0.4, -0.2) is 74.9 Å². The van der Waals surface area contributed by atoms with Gasteiger partial charge in [0.1, 0.15) is 19.8 Å². The van der Waals surface area contributed by atoms with Gasteiger partial charge < -0.3 is 18.9 Å². The quantitative estimate of drug-likeness (QED) is 0.0211. The summed E-state index contributed by atoms with van der Waals surface area (Å²) in [5, 5.41) is 0. The van der Waals surface area contributed by atoms with Crippen LogP contribution in [0, 0.1) is 0 Å². The lowest BCUT2D eigenvalue weighted by atomic mass is 10.0. The van der Waals surface area contributed by atoms with Gasteiger partial charge in [-0.1, -0.05) is 282 Å². The maximum absolute atomic E-state index is 12.8. The first-order valence-electron chi connectivity index (χ1n) is 31.6. The van der Waals surface area contributed by atoms with Crippen molar-refractivity contribution in [3.05, 3.63) is 24.3 Å². The summed E-state index contributed by atoms with van der Waals surface area (Å²) < 4.78 is 34.6. The van der Waals surface area contributed by atoms with Crippen LogP contribution in [0.3, 0.4) is 0 Å². The number of quaternary nitrogens is 1. The number of carbonyl (C=O) groups is 2. The largest absolute Gasteiger partial charge is 0.472 e. The highest BCUT2D eigenvalue weighted by atomic mass is 31.2. The van der Waals surface area contributed by atoms with Gasteiger partial charge >= 0.3 is 19.8 Å². The Morgan fingerprint density at radius 3 is 1.11 bits per heavy atom. The fourth-order valence-electron chi connectivity index (χ4n) is 9.34. The van der Waals surface area contributed by atoms with Crippen LogP contribution < -0.4 is 0 Å². The highest BCUT2D eigenvalue weighted by molar-refractivity contribution is 7.47. The van der Waals surface area contributed by atoms with Crippen LogP contribution in [0.4, 0.5) is 0 Å². The molecular weight excluding hydrogens is 930 g/mol. The molecule has 1 N–H and O–H groups in total. The van der Waals surface area contributed by atoms with Crippen molar-refractivity contribution in [1.29, 1.82) is 0 Å². The molecule has 0 aromatic carbocycles. The van der Waals surface area contributed by atoms with Gasteiger partial charge in [-0.15, -0.1) is 0 Å². The van der Waals surface area contributed by atoms with Gasteiger partial charge in [0.05, 0.1) is 27.7 Å². The molecule has 2 unspecified atom stereocenters. The summed E-state index contributed by atoms with van der Waals surface area (Å²) in [5.74, 6) is -0.785. The van der Waals surface area contributed by atoms with E-state index in [1.807, 2.05) is 21.1 Å². The van der Waals surface area contributed by atoms with Gasteiger partial charge in [0.2, 0.25) is 0 Å². The second-order valence-electron chi connectivity index (χ2n) is 22.8. The summed E-state index contributed by atoms with van der Waals surface area (Å²) in [5.41, 5.74) is 0. The molecule has 0 rings (SSSR count). The van der Waals surface area contributed by atoms with Crippen LogP contribution in [0.2, 0.25) is 0 Å². The zero-order valence-electron chi connectivity index (χ0n) is 49.1. The number of esters is 2. The number of ether oxygens (including phenoxy) is 2. The fourth-order valence-corrected chi connectivity index (χ4v) is 10.1. The first-order chi connectivity index (χ1) is 35.5. The van der Waals surface area contributed by atoms with Gasteiger partial charge in [0.15, 0.2) is 6.10 Å². The maximum atomic E-state index is 12.8. The van der Waals surface area contributed by atoms with E-state index < -0.39 is 26.5 Å². The summed E-state index contributed by atoms with van der Waals surface area (Å²) in [7, 11) is 1.49. The standard InChI is InChI=1S/C63H122NO8P/c1-6-8-10-12-14-16-18-20-22-24-26-27-28-29-30-31-32-33-34-35-36-38-39-41-43-45-47-49-51-53-55-62(65)69-59-61(60-71-73(67,68)70-58-57-64(3,4)5)72-63(66)56-54-52-50-48-46-44-42-40-37-25-23-21-19-17-15-13-11-9-7-2/h15,17,21,23,61H,6-14,16,18-20,22,24-60H2,1-5H3/p+1/b17-15-,23-21-. The molecule has 0 aliphatic heterocycles. The second kappa shape index (κ2) is 55.3. The van der Waals surface area contributed by atoms with Crippen molar-refractivity contribution in [1.82, 2.24) is 0 Å². The highest BCUT2D eigenvalue weighted by Gasteiger charge is 2.27. The van der Waals surface area contributed by atoms with E-state index in [0.29, 0.717) is 23.9 Å². The van der Waals surface area contributed by atoms with E-state index in [-0.39, 0.29) is 25.6 Å². The maximum Gasteiger partial charge on any atom is 0.472 e. The molecular formula is C63H123NO8P+. The van der Waals surface area contributed by atoms with E-state index in [0.717, 1.165) is 44.9 Å². The number of nitrogens with zero attached hydrogens (tertiary/aromatic N) is 1. The number of hydrogen-bond donors (Lipinski definition) is 1. The third-order valence-electron chi connectivity index (χ3n) is 14.2. The number of hydrogen-bond acceptors (Lipinski definition) is 7. The Bertz CT molecular complexity index is 1280. The van der Waals surface area contributed by atoms with Crippen LogP contribution in [0.5, 0.6) is 0 Å². The summed E-state index contributed by atoms with van der Waals surface area (Å²) in [6, 6.07) is 0. The monoisotopic (exact) mass is 1050 g/mol. The molecule has 0 aliphatic rings. The molecule has 2 atom stereocenters. The van der Waals surface area contributed by atoms with Gasteiger partial charge in [-0.25, -0.2) is 4.57 Å². The minimum atomic E-state index is -4.38. The summed E-state index contributed by atoms with van der Waals surface area (Å²) >= 11 is 0. The van der Waals surface area contributed by atoms with Gasteiger partial charge in [0.25, 0.3) is 0 Å². The SMILES string of the molecule is CCCCC/C=C\C/C=C\CCCCCCCCCCCC(=O)OC(COC(=O)CCCCCCCCCCCCCCCCCCCCCCCCCCCCCCCC)COP(=O)(O)OCC[N+](C)(C)C. The lowest BCUT2D eigenvalue weighted by Crippen LogP contribution is -2.37. The second-order valence-corrected chi connectivity index (χ2v) is 24.3. The molecule has 0 saturated carbocycles. The van der Waals surface area contributed by atoms with E-state index >= 15 is 0 Å². The van der Waals surface area contributed by atoms with E-state index in [4.69, 9.17) is 18.5 Å². The Morgan fingerprint density at radius 1 is 0.425 bits per heavy atom. The van der Waals surface area contributed by atoms with Crippen molar-refractivity contribution in [2.45, 2.75) is 322 Å². The smallest absolute Gasteiger partial charge is 0.462 e. The molecule has 0 bridgehead atoms. The minimum absolute atomic E-state index is 0.0333. The molecule has 0 amide bonds. The van der Waals surface area contributed by atoms with E-state index in [9.17, 15) is 19.0 Å². The molecule has 0 radical (unpaired) electrons. The number of phosphoric ester groups is 1. The summed E-state index contributed by atoms with van der Waals surface area (Å²) in [6.45, 7) is 4.46. The van der Waals surface area contributed by atoms with Crippen molar-refractivity contribution in [3.63, 3.8) is 0 Å². The molecule has 0 heterocycles. The van der Waals surface area contributed by atoms with Crippen LogP contribution in [0.1, 0.15) is 316 Å². The van der Waals surface area contributed by atoms with Crippen LogP contribution in [-0.2, 0) is 32.7 Å². The molecule has 73 heavy (non-hydrogen) atoms. The van der Waals surface area contributed by atoms with E-state index in [1.54, 1.807) is 0 Å². The van der Waals surface area contributed by atoms with Crippen LogP contribution in [0.25, 0.3) is 0 Å². The molecule has 9 nitrogen and oxygen atoms in total. The lowest BCUT2D eigenvalue weighted by molar-refractivity contribution is -0.870. The Morgan fingerprint density at radius 2 is 0.740 bits per heavy atom. The first kappa shape index (κ1) is 71.5. The Labute approximate surface area is 453 Å². The fraction of sp³-hybridized carbons (Fsp3) is 0.905. The zero-order chi connectivity index (χ0) is 53.5. The topological polar surface area (TPSA) is 108 Å². The third kappa shape index (κ3) is 59.6. The predicted octanol–water partition coefficient (Wildman–Crippen LogP) is 19.8. The van der Waals surface area contributed by atoms with Crippen LogP contribution in [0.15, 0.2) is 24.3 Å². The number of likely N-dealkylation sites (N-methyl/N-ethyl adjacent to an activating group) is 1. The zero-order valence-corrected chi connectivity index (χ0v) is 50.0. The molecule has 0 aliphatic carbocycles. The molecule has 0 spiro atoms. The number of allylic oxidation sites excluding steroid dienone is 4. The molecule has 0 saturated heterocycles. The Balaban J connectivity index is 4.02. The number of rotatable bonds is 59. The van der Waals surface area contributed by atoms with Crippen molar-refractivity contribution in [3.8, 4) is 0 Å². The predicted molar refractivity (Wildman–Crippen MR) is 312 cm³/mol. The van der Waals surface area contributed by atoms with E-state index in [1.165, 1.54) is 238 Å². The van der Waals surface area contributed by atoms with Gasteiger partial charge in [-0.3, -0.25) is 18.6 Å². The van der Waals surface area contributed by atoms with Gasteiger partial charge in [-0.2, -0.15) is 0 Å². The van der Waals surface area contributed by atoms with Gasteiger partial charge in [0, 0.05) is 12.8 Å². The van der Waals surface area contributed by atoms with E-state index in [2.05, 4.69) is 38.2 Å². The Kier molecular flexibility index (Phi) is 54.1. The van der Waals surface area contributed by atoms with Crippen molar-refractivity contribution < 1.29 is 42.1 Å². The Hall–Kier alpha value is -1.51. The number of unbranched alkanes of at least 4 members (excludes halogenated alkanes) is 41. The van der Waals surface area contributed by atoms with Crippen molar-refractivity contribution in [2.75, 3.05) is 47.5 Å². The summed E-state index contributed by atoms with van der Waals surface area (Å²) in [6.07, 6.45) is 67.0. The molecule has 432 valence electrons. The van der Waals surface area contributed by atoms with Crippen molar-refractivity contribution in [2.24, 2.45) is 0 Å². The minimum Gasteiger partial charge on any atom is -0.462 e. The van der Waals surface area contributed by atoms with Crippen LogP contribution >= 0.6 is 7.82 Å². The third-order valence-corrected chi connectivity index (χ3v) is 15.2. The van der Waals surface area contributed by atoms with Crippen molar-refractivity contribution >= 4 is 19.8 Å². The first-order valence-corrected chi connectivity index (χ1v) is 33.1. The molecule has 0 aromatic rings. The van der Waals surface area contributed by atoms with Gasteiger partial charge in [-0.05, 0) is 44.9 Å². The molecule has 0 aromatic heterocycles. The molecule has 10 heteroatoms. The average Bonchev–Trinajstić information content (AvgIpc) is 3.35.